The molecule has 4 aliphatic rings. The van der Waals surface area contributed by atoms with E-state index in [2.05, 4.69) is 123 Å². The second-order valence-electron chi connectivity index (χ2n) is 21.3. The molecule has 0 unspecified atom stereocenters. The normalized spacial score (nSPS) is 12.5. The Morgan fingerprint density at radius 3 is 1.28 bits per heavy atom. The summed E-state index contributed by atoms with van der Waals surface area (Å²) in [5.41, 5.74) is 13.5. The summed E-state index contributed by atoms with van der Waals surface area (Å²) < 4.78 is 32.8. The van der Waals surface area contributed by atoms with Crippen LogP contribution in [-0.4, -0.2) is 38.2 Å². The highest BCUT2D eigenvalue weighted by molar-refractivity contribution is 5.99. The van der Waals surface area contributed by atoms with Crippen molar-refractivity contribution in [3.05, 3.63) is 230 Å². The fourth-order valence-corrected chi connectivity index (χ4v) is 11.6. The van der Waals surface area contributed by atoms with E-state index >= 15 is 0 Å². The van der Waals surface area contributed by atoms with Crippen LogP contribution in [0.5, 0.6) is 46.0 Å². The van der Waals surface area contributed by atoms with E-state index in [-0.39, 0.29) is 5.41 Å². The van der Waals surface area contributed by atoms with Crippen LogP contribution in [0.25, 0.3) is 89.0 Å². The van der Waals surface area contributed by atoms with Gasteiger partial charge in [0.15, 0.2) is 46.0 Å². The summed E-state index contributed by atoms with van der Waals surface area (Å²) in [7, 11) is 0. The molecule has 4 aromatic heterocycles. The summed E-state index contributed by atoms with van der Waals surface area (Å²) in [4.78, 5) is 19.1. The van der Waals surface area contributed by atoms with Gasteiger partial charge in [0.05, 0.1) is 44.8 Å². The largest absolute Gasteiger partial charge is 0.453 e. The van der Waals surface area contributed by atoms with Gasteiger partial charge in [-0.05, 0) is 115 Å². The van der Waals surface area contributed by atoms with Crippen LogP contribution in [0.4, 0.5) is 0 Å². The number of rotatable bonds is 2. The van der Waals surface area contributed by atoms with E-state index < -0.39 is 0 Å². The number of benzene rings is 10. The van der Waals surface area contributed by atoms with Gasteiger partial charge in [-0.25, -0.2) is 19.9 Å². The average Bonchev–Trinajstić information content (AvgIpc) is 4.42. The molecule has 0 atom stereocenters. The lowest BCUT2D eigenvalue weighted by Gasteiger charge is -2.25. The predicted molar refractivity (Wildman–Crippen MR) is 320 cm³/mol. The summed E-state index contributed by atoms with van der Waals surface area (Å²) in [6.07, 6.45) is 0.905. The van der Waals surface area contributed by atoms with Gasteiger partial charge < -0.3 is 18.9 Å². The van der Waals surface area contributed by atoms with Gasteiger partial charge in [-0.1, -0.05) is 143 Å². The molecule has 0 N–H and O–H groups in total. The minimum absolute atomic E-state index is 0.0270. The van der Waals surface area contributed by atoms with Crippen molar-refractivity contribution in [3.8, 4) is 80.1 Å². The summed E-state index contributed by atoms with van der Waals surface area (Å²) in [5.74, 6) is 11.1. The van der Waals surface area contributed by atoms with E-state index in [1.54, 1.807) is 0 Å². The van der Waals surface area contributed by atoms with Crippen LogP contribution in [-0.2, 0) is 11.8 Å². The predicted octanol–water partition coefficient (Wildman–Crippen LogP) is 17.5. The number of para-hydroxylation sites is 12. The molecule has 12 heteroatoms. The molecule has 0 bridgehead atoms. The van der Waals surface area contributed by atoms with Gasteiger partial charge in [0.1, 0.15) is 45.4 Å². The Kier molecular flexibility index (Phi) is 11.0. The Morgan fingerprint density at radius 1 is 0.358 bits per heavy atom. The molecule has 14 aromatic rings. The van der Waals surface area contributed by atoms with Crippen molar-refractivity contribution in [1.82, 2.24) is 38.2 Å². The number of nitrogens with zero attached hydrogens (tertiary/aromatic N) is 8. The maximum atomic E-state index is 6.13. The molecule has 81 heavy (non-hydrogen) atoms. The molecule has 12 nitrogen and oxygen atoms in total. The zero-order chi connectivity index (χ0) is 54.5. The molecule has 10 aromatic carbocycles. The van der Waals surface area contributed by atoms with Crippen molar-refractivity contribution in [2.75, 3.05) is 0 Å². The number of aromatic nitrogens is 8. The first-order valence-electron chi connectivity index (χ1n) is 27.3. The Bertz CT molecular complexity index is 4840. The van der Waals surface area contributed by atoms with Crippen LogP contribution in [0.1, 0.15) is 45.2 Å². The van der Waals surface area contributed by atoms with E-state index in [0.29, 0.717) is 0 Å². The van der Waals surface area contributed by atoms with E-state index in [9.17, 15) is 0 Å². The molecule has 0 amide bonds. The quantitative estimate of drug-likeness (QED) is 0.168. The minimum Gasteiger partial charge on any atom is -0.453 e. The molecule has 0 radical (unpaired) electrons. The fraction of sp³-hybridized carbons (Fsp3) is 0.101. The lowest BCUT2D eigenvalue weighted by atomic mass is 9.95. The van der Waals surface area contributed by atoms with Gasteiger partial charge in [-0.3, -0.25) is 18.3 Å². The second kappa shape index (κ2) is 18.6. The second-order valence-corrected chi connectivity index (χ2v) is 21.3. The molecule has 0 aliphatic carbocycles. The maximum absolute atomic E-state index is 6.13. The first-order chi connectivity index (χ1) is 39.7. The van der Waals surface area contributed by atoms with Gasteiger partial charge in [0.2, 0.25) is 0 Å². The van der Waals surface area contributed by atoms with E-state index in [0.717, 1.165) is 148 Å². The van der Waals surface area contributed by atoms with Crippen molar-refractivity contribution < 1.29 is 18.9 Å². The molecule has 0 saturated carbocycles. The van der Waals surface area contributed by atoms with Crippen LogP contribution in [0.15, 0.2) is 212 Å². The zero-order valence-corrected chi connectivity index (χ0v) is 45.1. The van der Waals surface area contributed by atoms with Gasteiger partial charge in [0.25, 0.3) is 0 Å². The van der Waals surface area contributed by atoms with Crippen molar-refractivity contribution in [2.24, 2.45) is 0 Å². The van der Waals surface area contributed by atoms with Crippen LogP contribution in [0, 0.1) is 6.92 Å². The Morgan fingerprint density at radius 2 is 0.741 bits per heavy atom. The Balaban J connectivity index is 0.0000000942. The average molecular weight is 1060 g/mol. The van der Waals surface area contributed by atoms with Crippen LogP contribution in [0.2, 0.25) is 0 Å². The highest BCUT2D eigenvalue weighted by atomic mass is 16.5. The van der Waals surface area contributed by atoms with E-state index in [4.69, 9.17) is 28.9 Å². The first kappa shape index (κ1) is 47.7. The van der Waals surface area contributed by atoms with Crippen molar-refractivity contribution in [2.45, 2.75) is 46.5 Å². The maximum Gasteiger partial charge on any atom is 0.153 e. The third-order valence-electron chi connectivity index (χ3n) is 15.1. The fourth-order valence-electron chi connectivity index (χ4n) is 11.6. The molecule has 8 heterocycles. The molecule has 4 aliphatic heterocycles. The standard InChI is InChI=1S/C23H14N2O.C17H16N2O.C15H12N2O.C14H10N2O/c1-2-9-16-15(7-1)8-5-10-17(16)23-24-18-11-6-14-21-22(18)25(23)19-12-3-4-13-20(19)26-21;1-17(2,3)16-18-11-7-6-10-14-15(11)19(16)12-8-4-5-9-13(12)20-14;1-2-14-16-10-6-5-9-13-15(10)17(14)11-7-3-4-8-12(11)18-13;1-9-15-10-5-4-8-13-14(10)16(9)11-6-2-3-7-12(11)17-13/h1-14H;4-10H,1-3H3;3-9H,2H2,1H3;2-8H,1H3. The number of fused-ring (bicyclic) bond motifs is 9. The molecule has 0 spiro atoms. The summed E-state index contributed by atoms with van der Waals surface area (Å²) >= 11 is 0. The minimum atomic E-state index is -0.0270. The lowest BCUT2D eigenvalue weighted by molar-refractivity contribution is 0.467. The summed E-state index contributed by atoms with van der Waals surface area (Å²) in [6.45, 7) is 10.7. The number of aryl methyl sites for hydroxylation is 2. The Labute approximate surface area is 466 Å². The van der Waals surface area contributed by atoms with Gasteiger partial charge in [0, 0.05) is 17.4 Å². The third-order valence-corrected chi connectivity index (χ3v) is 15.1. The SMILES string of the molecule is CC(C)(C)c1nc2cccc3c2n1-c1ccccc1O3.CCc1nc2cccc3c2n1-c1ccccc1O3.Cc1nc2cccc3c2n1-c1ccccc1O3.c1ccc2c(c1)Oc1cccc3nc(-c4cccc5ccccc45)n-2c13. The van der Waals surface area contributed by atoms with E-state index in [1.807, 2.05) is 153 Å². The molecular weight excluding hydrogens is 1000 g/mol. The lowest BCUT2D eigenvalue weighted by Crippen LogP contribution is -2.19. The monoisotopic (exact) mass is 1060 g/mol. The number of hydrogen-bond acceptors (Lipinski definition) is 8. The first-order valence-corrected chi connectivity index (χ1v) is 27.3. The number of imidazole rings is 4. The van der Waals surface area contributed by atoms with Gasteiger partial charge in [-0.2, -0.15) is 0 Å². The summed E-state index contributed by atoms with van der Waals surface area (Å²) in [5, 5.41) is 2.41. The van der Waals surface area contributed by atoms with Crippen molar-refractivity contribution >= 4 is 54.9 Å². The molecule has 0 saturated heterocycles. The number of hydrogen-bond donors (Lipinski definition) is 0. The molecular formula is C69H52N8O4. The zero-order valence-electron chi connectivity index (χ0n) is 45.1. The highest BCUT2D eigenvalue weighted by Crippen LogP contribution is 2.47. The summed E-state index contributed by atoms with van der Waals surface area (Å²) in [6, 6.07) is 71.3. The third kappa shape index (κ3) is 7.73. The van der Waals surface area contributed by atoms with Crippen LogP contribution in [0.3, 0.4) is 0 Å². The Hall–Kier alpha value is -10.5. The smallest absolute Gasteiger partial charge is 0.153 e. The van der Waals surface area contributed by atoms with Crippen molar-refractivity contribution in [3.63, 3.8) is 0 Å². The van der Waals surface area contributed by atoms with Crippen LogP contribution < -0.4 is 18.9 Å². The van der Waals surface area contributed by atoms with Crippen molar-refractivity contribution in [1.29, 1.82) is 0 Å². The van der Waals surface area contributed by atoms with Crippen LogP contribution >= 0.6 is 0 Å². The molecule has 0 fully saturated rings. The molecule has 392 valence electrons. The van der Waals surface area contributed by atoms with Gasteiger partial charge >= 0.3 is 0 Å². The highest BCUT2D eigenvalue weighted by Gasteiger charge is 2.31. The van der Waals surface area contributed by atoms with Gasteiger partial charge in [-0.15, -0.1) is 0 Å². The molecule has 18 rings (SSSR count). The van der Waals surface area contributed by atoms with E-state index in [1.165, 1.54) is 10.8 Å². The topological polar surface area (TPSA) is 108 Å². The number of ether oxygens (including phenoxy) is 4.